The van der Waals surface area contributed by atoms with Crippen LogP contribution in [0.5, 0.6) is 5.88 Å². The molecule has 0 spiro atoms. The van der Waals surface area contributed by atoms with Gasteiger partial charge in [0, 0.05) is 12.1 Å². The van der Waals surface area contributed by atoms with Gasteiger partial charge in [0.05, 0.1) is 11.0 Å². The molecule has 0 radical (unpaired) electrons. The summed E-state index contributed by atoms with van der Waals surface area (Å²) in [5, 5.41) is 22.2. The number of nitrogens with two attached hydrogens (primary N) is 1. The second kappa shape index (κ2) is 6.53. The maximum Gasteiger partial charge on any atom is 0.299 e. The van der Waals surface area contributed by atoms with Crippen LogP contribution in [0.4, 0.5) is 5.69 Å². The molecule has 0 fully saturated rings. The van der Waals surface area contributed by atoms with Crippen LogP contribution in [0, 0.1) is 10.1 Å². The first-order valence-corrected chi connectivity index (χ1v) is 5.79. The fourth-order valence-electron chi connectivity index (χ4n) is 1.55. The number of nitro groups is 1. The van der Waals surface area contributed by atoms with E-state index in [9.17, 15) is 10.1 Å². The maximum atomic E-state index is 10.8. The van der Waals surface area contributed by atoms with Crippen molar-refractivity contribution in [1.29, 1.82) is 0 Å². The number of oxime groups is 1. The summed E-state index contributed by atoms with van der Waals surface area (Å²) in [6, 6.07) is 2.60. The molecular formula is C11H16N4O4. The third-order valence-corrected chi connectivity index (χ3v) is 2.41. The molecule has 3 N–H and O–H groups in total. The zero-order valence-electron chi connectivity index (χ0n) is 10.7. The highest BCUT2D eigenvalue weighted by molar-refractivity contribution is 5.98. The van der Waals surface area contributed by atoms with Gasteiger partial charge in [0.25, 0.3) is 5.69 Å². The largest absolute Gasteiger partial charge is 0.475 e. The normalized spacial score (nSPS) is 13.1. The predicted octanol–water partition coefficient (Wildman–Crippen LogP) is 1.65. The number of hydrogen-bond acceptors (Lipinski definition) is 6. The van der Waals surface area contributed by atoms with Gasteiger partial charge in [0.15, 0.2) is 11.5 Å². The molecule has 104 valence electrons. The molecule has 1 heterocycles. The molecule has 1 rings (SSSR count). The lowest BCUT2D eigenvalue weighted by molar-refractivity contribution is -0.385. The Labute approximate surface area is 110 Å². The van der Waals surface area contributed by atoms with Gasteiger partial charge in [0.2, 0.25) is 5.88 Å². The average molecular weight is 268 g/mol. The minimum Gasteiger partial charge on any atom is -0.475 e. The van der Waals surface area contributed by atoms with E-state index < -0.39 is 10.8 Å². The molecule has 19 heavy (non-hydrogen) atoms. The topological polar surface area (TPSA) is 124 Å². The Bertz CT molecular complexity index is 490. The van der Waals surface area contributed by atoms with Crippen LogP contribution < -0.4 is 10.5 Å². The van der Waals surface area contributed by atoms with Gasteiger partial charge in [-0.15, -0.1) is 0 Å². The van der Waals surface area contributed by atoms with E-state index in [1.165, 1.54) is 12.1 Å². The van der Waals surface area contributed by atoms with Crippen molar-refractivity contribution in [3.63, 3.8) is 0 Å². The number of hydrogen-bond donors (Lipinski definition) is 2. The first-order chi connectivity index (χ1) is 8.99. The van der Waals surface area contributed by atoms with Gasteiger partial charge >= 0.3 is 0 Å². The standard InChI is InChI=1S/C11H16N4O4/c1-3-4-7(2)19-9-6-5-8(15(17)18)10(13-9)11(12)14-16/h5-7,16H,3-4H2,1-2H3,(H2,12,14). The summed E-state index contributed by atoms with van der Waals surface area (Å²) in [6.45, 7) is 3.89. The first-order valence-electron chi connectivity index (χ1n) is 5.79. The molecule has 1 unspecified atom stereocenters. The molecule has 1 aromatic rings. The van der Waals surface area contributed by atoms with Crippen molar-refractivity contribution in [1.82, 2.24) is 4.98 Å². The van der Waals surface area contributed by atoms with Crippen molar-refractivity contribution in [2.45, 2.75) is 32.8 Å². The Balaban J connectivity index is 3.08. The van der Waals surface area contributed by atoms with E-state index in [-0.39, 0.29) is 23.4 Å². The molecule has 0 aliphatic rings. The highest BCUT2D eigenvalue weighted by Gasteiger charge is 2.20. The molecule has 0 amide bonds. The highest BCUT2D eigenvalue weighted by Crippen LogP contribution is 2.21. The van der Waals surface area contributed by atoms with E-state index in [1.54, 1.807) is 0 Å². The molecule has 0 aromatic carbocycles. The van der Waals surface area contributed by atoms with Gasteiger partial charge in [-0.1, -0.05) is 18.5 Å². The Kier molecular flexibility index (Phi) is 5.04. The van der Waals surface area contributed by atoms with Gasteiger partial charge in [-0.25, -0.2) is 4.98 Å². The minimum absolute atomic E-state index is 0.0703. The summed E-state index contributed by atoms with van der Waals surface area (Å²) in [5.74, 6) is -0.228. The summed E-state index contributed by atoms with van der Waals surface area (Å²) in [6.07, 6.45) is 1.71. The number of ether oxygens (including phenoxy) is 1. The summed E-state index contributed by atoms with van der Waals surface area (Å²) >= 11 is 0. The lowest BCUT2D eigenvalue weighted by Crippen LogP contribution is -2.19. The zero-order chi connectivity index (χ0) is 14.4. The SMILES string of the molecule is CCCC(C)Oc1ccc([N+](=O)[O-])c(/C(N)=N/O)n1. The monoisotopic (exact) mass is 268 g/mol. The van der Waals surface area contributed by atoms with Crippen LogP contribution in [-0.2, 0) is 0 Å². The van der Waals surface area contributed by atoms with Crippen LogP contribution in [0.15, 0.2) is 17.3 Å². The third-order valence-electron chi connectivity index (χ3n) is 2.41. The van der Waals surface area contributed by atoms with Gasteiger partial charge in [-0.3, -0.25) is 10.1 Å². The van der Waals surface area contributed by atoms with Gasteiger partial charge < -0.3 is 15.7 Å². The summed E-state index contributed by atoms with van der Waals surface area (Å²) in [5.41, 5.74) is 4.81. The quantitative estimate of drug-likeness (QED) is 0.266. The summed E-state index contributed by atoms with van der Waals surface area (Å²) in [4.78, 5) is 14.1. The number of nitrogens with zero attached hydrogens (tertiary/aromatic N) is 3. The number of rotatable bonds is 6. The van der Waals surface area contributed by atoms with Crippen molar-refractivity contribution in [2.24, 2.45) is 10.9 Å². The van der Waals surface area contributed by atoms with E-state index >= 15 is 0 Å². The van der Waals surface area contributed by atoms with E-state index in [0.717, 1.165) is 12.8 Å². The highest BCUT2D eigenvalue weighted by atomic mass is 16.6. The van der Waals surface area contributed by atoms with Gasteiger partial charge in [0.1, 0.15) is 0 Å². The molecule has 0 aliphatic carbocycles. The van der Waals surface area contributed by atoms with Crippen molar-refractivity contribution in [2.75, 3.05) is 0 Å². The van der Waals surface area contributed by atoms with Crippen molar-refractivity contribution in [3.8, 4) is 5.88 Å². The van der Waals surface area contributed by atoms with E-state index in [0.29, 0.717) is 0 Å². The number of aromatic nitrogens is 1. The van der Waals surface area contributed by atoms with E-state index in [1.807, 2.05) is 13.8 Å². The van der Waals surface area contributed by atoms with Crippen LogP contribution in [0.3, 0.4) is 0 Å². The second-order valence-electron chi connectivity index (χ2n) is 3.98. The molecule has 0 saturated carbocycles. The summed E-state index contributed by atoms with van der Waals surface area (Å²) < 4.78 is 5.50. The van der Waals surface area contributed by atoms with Gasteiger partial charge in [-0.05, 0) is 13.3 Å². The number of pyridine rings is 1. The molecule has 1 atom stereocenters. The lowest BCUT2D eigenvalue weighted by Gasteiger charge is -2.13. The summed E-state index contributed by atoms with van der Waals surface area (Å²) in [7, 11) is 0. The molecule has 8 nitrogen and oxygen atoms in total. The number of amidine groups is 1. The third kappa shape index (κ3) is 3.80. The van der Waals surface area contributed by atoms with E-state index in [4.69, 9.17) is 15.7 Å². The Morgan fingerprint density at radius 1 is 1.68 bits per heavy atom. The van der Waals surface area contributed by atoms with Crippen molar-refractivity contribution in [3.05, 3.63) is 27.9 Å². The predicted molar refractivity (Wildman–Crippen MR) is 68.4 cm³/mol. The van der Waals surface area contributed by atoms with Crippen molar-refractivity contribution >= 4 is 11.5 Å². The maximum absolute atomic E-state index is 10.8. The fraction of sp³-hybridized carbons (Fsp3) is 0.455. The smallest absolute Gasteiger partial charge is 0.299 e. The Morgan fingerprint density at radius 3 is 2.89 bits per heavy atom. The molecule has 8 heteroatoms. The first kappa shape index (κ1) is 14.7. The lowest BCUT2D eigenvalue weighted by atomic mass is 10.2. The van der Waals surface area contributed by atoms with Crippen LogP contribution >= 0.6 is 0 Å². The van der Waals surface area contributed by atoms with Crippen LogP contribution in [-0.4, -0.2) is 27.1 Å². The zero-order valence-corrected chi connectivity index (χ0v) is 10.7. The molecule has 0 saturated heterocycles. The minimum atomic E-state index is -0.653. The van der Waals surface area contributed by atoms with Crippen LogP contribution in [0.2, 0.25) is 0 Å². The second-order valence-corrected chi connectivity index (χ2v) is 3.98. The van der Waals surface area contributed by atoms with Crippen molar-refractivity contribution < 1.29 is 14.9 Å². The molecule has 0 aliphatic heterocycles. The Morgan fingerprint density at radius 2 is 2.37 bits per heavy atom. The Hall–Kier alpha value is -2.38. The van der Waals surface area contributed by atoms with Gasteiger partial charge in [-0.2, -0.15) is 0 Å². The van der Waals surface area contributed by atoms with Crippen LogP contribution in [0.1, 0.15) is 32.4 Å². The van der Waals surface area contributed by atoms with Crippen LogP contribution in [0.25, 0.3) is 0 Å². The average Bonchev–Trinajstić information content (AvgIpc) is 2.37. The molecule has 0 bridgehead atoms. The fourth-order valence-corrected chi connectivity index (χ4v) is 1.55. The molecule has 1 aromatic heterocycles. The van der Waals surface area contributed by atoms with E-state index in [2.05, 4.69) is 10.1 Å². The molecular weight excluding hydrogens is 252 g/mol.